The minimum atomic E-state index is -0.620. The van der Waals surface area contributed by atoms with Gasteiger partial charge in [0.05, 0.1) is 12.1 Å². The zero-order chi connectivity index (χ0) is 12.5. The summed E-state index contributed by atoms with van der Waals surface area (Å²) in [5, 5.41) is 9.44. The molecule has 0 spiro atoms. The van der Waals surface area contributed by atoms with Crippen LogP contribution in [-0.2, 0) is 6.42 Å². The van der Waals surface area contributed by atoms with Crippen LogP contribution in [0, 0.1) is 5.82 Å². The number of aromatic hydroxyl groups is 1. The van der Waals surface area contributed by atoms with Gasteiger partial charge in [-0.15, -0.1) is 0 Å². The van der Waals surface area contributed by atoms with E-state index in [1.165, 1.54) is 7.11 Å². The Kier molecular flexibility index (Phi) is 3.65. The molecule has 1 aromatic rings. The summed E-state index contributed by atoms with van der Waals surface area (Å²) in [5.74, 6) is -0.705. The summed E-state index contributed by atoms with van der Waals surface area (Å²) < 4.78 is 18.7. The molecule has 0 atom stereocenters. The van der Waals surface area contributed by atoms with E-state index < -0.39 is 11.4 Å². The number of hydrogen-bond acceptors (Lipinski definition) is 3. The van der Waals surface area contributed by atoms with Gasteiger partial charge in [-0.25, -0.2) is 4.39 Å². The highest BCUT2D eigenvalue weighted by Crippen LogP contribution is 2.37. The SMILES string of the molecule is COc1c(O)cc(Cl)c(F)c1CC(C)(C)N. The van der Waals surface area contributed by atoms with Crippen molar-refractivity contribution in [2.24, 2.45) is 5.73 Å². The quantitative estimate of drug-likeness (QED) is 0.863. The molecule has 0 saturated heterocycles. The summed E-state index contributed by atoms with van der Waals surface area (Å²) in [7, 11) is 1.36. The molecule has 0 aromatic heterocycles. The number of benzene rings is 1. The highest BCUT2D eigenvalue weighted by atomic mass is 35.5. The van der Waals surface area contributed by atoms with Gasteiger partial charge in [0.1, 0.15) is 5.82 Å². The smallest absolute Gasteiger partial charge is 0.166 e. The zero-order valence-corrected chi connectivity index (χ0v) is 10.2. The third-order valence-electron chi connectivity index (χ3n) is 2.08. The first kappa shape index (κ1) is 13.1. The van der Waals surface area contributed by atoms with Crippen LogP contribution in [0.1, 0.15) is 19.4 Å². The van der Waals surface area contributed by atoms with E-state index in [4.69, 9.17) is 22.1 Å². The van der Waals surface area contributed by atoms with Crippen LogP contribution in [-0.4, -0.2) is 17.8 Å². The van der Waals surface area contributed by atoms with Crippen LogP contribution in [0.15, 0.2) is 6.07 Å². The molecular formula is C11H15ClFNO2. The molecule has 0 aliphatic heterocycles. The Morgan fingerprint density at radius 1 is 1.56 bits per heavy atom. The van der Waals surface area contributed by atoms with E-state index in [0.29, 0.717) is 0 Å². The molecule has 3 nitrogen and oxygen atoms in total. The van der Waals surface area contributed by atoms with Gasteiger partial charge in [0.15, 0.2) is 11.5 Å². The lowest BCUT2D eigenvalue weighted by Crippen LogP contribution is -2.35. The average Bonchev–Trinajstić information content (AvgIpc) is 2.12. The Morgan fingerprint density at radius 3 is 2.56 bits per heavy atom. The van der Waals surface area contributed by atoms with E-state index >= 15 is 0 Å². The molecule has 0 saturated carbocycles. The zero-order valence-electron chi connectivity index (χ0n) is 9.47. The number of phenols is 1. The summed E-state index contributed by atoms with van der Waals surface area (Å²) in [6, 6.07) is 1.11. The highest BCUT2D eigenvalue weighted by Gasteiger charge is 2.23. The van der Waals surface area contributed by atoms with Crippen molar-refractivity contribution in [1.82, 2.24) is 0 Å². The number of phenolic OH excluding ortho intramolecular Hbond substituents is 1. The molecule has 0 aliphatic rings. The van der Waals surface area contributed by atoms with Crippen LogP contribution >= 0.6 is 11.6 Å². The number of ether oxygens (including phenoxy) is 1. The lowest BCUT2D eigenvalue weighted by molar-refractivity contribution is 0.359. The van der Waals surface area contributed by atoms with Crippen molar-refractivity contribution in [3.05, 3.63) is 22.5 Å². The molecule has 0 fully saturated rings. The van der Waals surface area contributed by atoms with Crippen molar-refractivity contribution >= 4 is 11.6 Å². The van der Waals surface area contributed by atoms with Crippen LogP contribution in [0.3, 0.4) is 0 Å². The molecular weight excluding hydrogens is 233 g/mol. The lowest BCUT2D eigenvalue weighted by atomic mass is 9.95. The molecule has 1 aromatic carbocycles. The molecule has 1 rings (SSSR count). The van der Waals surface area contributed by atoms with Crippen molar-refractivity contribution in [2.45, 2.75) is 25.8 Å². The molecule has 90 valence electrons. The molecule has 0 aliphatic carbocycles. The van der Waals surface area contributed by atoms with Crippen molar-refractivity contribution < 1.29 is 14.2 Å². The summed E-state index contributed by atoms with van der Waals surface area (Å²) in [4.78, 5) is 0. The molecule has 0 amide bonds. The maximum atomic E-state index is 13.8. The second-order valence-electron chi connectivity index (χ2n) is 4.37. The number of nitrogens with two attached hydrogens (primary N) is 1. The fourth-order valence-corrected chi connectivity index (χ4v) is 1.71. The maximum absolute atomic E-state index is 13.8. The normalized spacial score (nSPS) is 11.6. The Balaban J connectivity index is 3.33. The number of halogens is 2. The number of methoxy groups -OCH3 is 1. The van der Waals surface area contributed by atoms with E-state index in [2.05, 4.69) is 0 Å². The first-order valence-corrected chi connectivity index (χ1v) is 5.17. The topological polar surface area (TPSA) is 55.5 Å². The van der Waals surface area contributed by atoms with E-state index in [9.17, 15) is 9.50 Å². The second-order valence-corrected chi connectivity index (χ2v) is 4.78. The standard InChI is InChI=1S/C11H15ClFNO2/c1-11(2,14)5-6-9(13)7(12)4-8(15)10(6)16-3/h4,15H,5,14H2,1-3H3. The van der Waals surface area contributed by atoms with E-state index in [-0.39, 0.29) is 28.5 Å². The van der Waals surface area contributed by atoms with Gasteiger partial charge in [0, 0.05) is 17.2 Å². The minimum Gasteiger partial charge on any atom is -0.504 e. The molecule has 0 radical (unpaired) electrons. The fraction of sp³-hybridized carbons (Fsp3) is 0.455. The Labute approximate surface area is 99.0 Å². The van der Waals surface area contributed by atoms with Crippen molar-refractivity contribution in [3.8, 4) is 11.5 Å². The van der Waals surface area contributed by atoms with E-state index in [0.717, 1.165) is 6.07 Å². The van der Waals surface area contributed by atoms with Gasteiger partial charge in [0.2, 0.25) is 0 Å². The molecule has 0 unspecified atom stereocenters. The predicted molar refractivity (Wildman–Crippen MR) is 61.6 cm³/mol. The van der Waals surface area contributed by atoms with Crippen molar-refractivity contribution in [1.29, 1.82) is 0 Å². The van der Waals surface area contributed by atoms with Crippen LogP contribution in [0.2, 0.25) is 5.02 Å². The van der Waals surface area contributed by atoms with Gasteiger partial charge in [-0.1, -0.05) is 11.6 Å². The summed E-state index contributed by atoms with van der Waals surface area (Å²) in [6.07, 6.45) is 0.218. The third-order valence-corrected chi connectivity index (χ3v) is 2.36. The van der Waals surface area contributed by atoms with Gasteiger partial charge in [0.25, 0.3) is 0 Å². The minimum absolute atomic E-state index is 0.0837. The van der Waals surface area contributed by atoms with Crippen molar-refractivity contribution in [2.75, 3.05) is 7.11 Å². The first-order chi connectivity index (χ1) is 7.26. The first-order valence-electron chi connectivity index (χ1n) is 4.79. The third kappa shape index (κ3) is 2.77. The van der Waals surface area contributed by atoms with Crippen molar-refractivity contribution in [3.63, 3.8) is 0 Å². The molecule has 0 bridgehead atoms. The Bertz CT molecular complexity index is 402. The molecule has 5 heteroatoms. The predicted octanol–water partition coefficient (Wildman–Crippen LogP) is 2.47. The van der Waals surface area contributed by atoms with Crippen LogP contribution in [0.4, 0.5) is 4.39 Å². The highest BCUT2D eigenvalue weighted by molar-refractivity contribution is 6.31. The fourth-order valence-electron chi connectivity index (χ4n) is 1.49. The number of hydrogen-bond donors (Lipinski definition) is 2. The van der Waals surface area contributed by atoms with Crippen LogP contribution in [0.5, 0.6) is 11.5 Å². The van der Waals surface area contributed by atoms with Crippen LogP contribution in [0.25, 0.3) is 0 Å². The van der Waals surface area contributed by atoms with Gasteiger partial charge in [-0.05, 0) is 20.3 Å². The number of rotatable bonds is 3. The molecule has 0 heterocycles. The summed E-state index contributed by atoms with van der Waals surface area (Å²) >= 11 is 5.65. The van der Waals surface area contributed by atoms with Gasteiger partial charge >= 0.3 is 0 Å². The Morgan fingerprint density at radius 2 is 2.12 bits per heavy atom. The Hall–Kier alpha value is -1.00. The monoisotopic (exact) mass is 247 g/mol. The van der Waals surface area contributed by atoms with Gasteiger partial charge < -0.3 is 15.6 Å². The lowest BCUT2D eigenvalue weighted by Gasteiger charge is -2.21. The van der Waals surface area contributed by atoms with E-state index in [1.807, 2.05) is 0 Å². The molecule has 3 N–H and O–H groups in total. The molecule has 16 heavy (non-hydrogen) atoms. The summed E-state index contributed by atoms with van der Waals surface area (Å²) in [5.41, 5.74) is 5.39. The van der Waals surface area contributed by atoms with Crippen LogP contribution < -0.4 is 10.5 Å². The summed E-state index contributed by atoms with van der Waals surface area (Å²) in [6.45, 7) is 3.51. The second kappa shape index (κ2) is 4.47. The maximum Gasteiger partial charge on any atom is 0.166 e. The van der Waals surface area contributed by atoms with Gasteiger partial charge in [-0.3, -0.25) is 0 Å². The van der Waals surface area contributed by atoms with Gasteiger partial charge in [-0.2, -0.15) is 0 Å². The van der Waals surface area contributed by atoms with E-state index in [1.54, 1.807) is 13.8 Å². The average molecular weight is 248 g/mol. The largest absolute Gasteiger partial charge is 0.504 e.